The Hall–Kier alpha value is -2.52. The zero-order chi connectivity index (χ0) is 20.9. The summed E-state index contributed by atoms with van der Waals surface area (Å²) in [6, 6.07) is 10.2. The molecule has 2 aliphatic rings. The van der Waals surface area contributed by atoms with Gasteiger partial charge in [0.1, 0.15) is 17.1 Å². The van der Waals surface area contributed by atoms with Crippen LogP contribution >= 0.6 is 11.3 Å². The van der Waals surface area contributed by atoms with E-state index in [1.165, 1.54) is 30.6 Å². The number of hydrogen-bond donors (Lipinski definition) is 2. The van der Waals surface area contributed by atoms with Crippen LogP contribution in [0.4, 0.5) is 16.4 Å². The molecule has 1 atom stereocenters. The summed E-state index contributed by atoms with van der Waals surface area (Å²) < 4.78 is 0. The number of carbonyl (C=O) groups is 1. The van der Waals surface area contributed by atoms with Crippen LogP contribution in [0, 0.1) is 11.3 Å². The molecule has 2 heterocycles. The first-order valence-electron chi connectivity index (χ1n) is 11.1. The summed E-state index contributed by atoms with van der Waals surface area (Å²) in [6.45, 7) is 4.00. The Bertz CT molecular complexity index is 939. The van der Waals surface area contributed by atoms with E-state index in [0.717, 1.165) is 55.7 Å². The van der Waals surface area contributed by atoms with Gasteiger partial charge >= 0.3 is 0 Å². The number of rotatable bonds is 5. The quantitative estimate of drug-likeness (QED) is 0.640. The number of fused-ring (bicyclic) bond motifs is 1. The molecule has 158 valence electrons. The average molecular weight is 423 g/mol. The molecule has 1 aromatic carbocycles. The number of benzene rings is 1. The SMILES string of the molecule is CC(Nc1ccccc1N1CCCCC1)C(=O)Nc1sc2c(c1C#N)CCCCC2. The number of nitriles is 1. The lowest BCUT2D eigenvalue weighted by Crippen LogP contribution is -2.34. The summed E-state index contributed by atoms with van der Waals surface area (Å²) in [4.78, 5) is 16.6. The largest absolute Gasteiger partial charge is 0.372 e. The van der Waals surface area contributed by atoms with Crippen LogP contribution in [-0.4, -0.2) is 25.0 Å². The molecule has 1 aliphatic heterocycles. The lowest BCUT2D eigenvalue weighted by Gasteiger charge is -2.31. The first kappa shape index (κ1) is 20.7. The van der Waals surface area contributed by atoms with Gasteiger partial charge in [0.2, 0.25) is 5.91 Å². The molecule has 4 rings (SSSR count). The summed E-state index contributed by atoms with van der Waals surface area (Å²) >= 11 is 1.59. The Morgan fingerprint density at radius 1 is 1.10 bits per heavy atom. The van der Waals surface area contributed by atoms with E-state index in [2.05, 4.69) is 33.7 Å². The molecule has 2 N–H and O–H groups in total. The molecule has 1 fully saturated rings. The molecule has 1 aromatic heterocycles. The van der Waals surface area contributed by atoms with Crippen LogP contribution in [0.1, 0.15) is 61.5 Å². The van der Waals surface area contributed by atoms with Gasteiger partial charge in [-0.1, -0.05) is 18.6 Å². The minimum absolute atomic E-state index is 0.101. The summed E-state index contributed by atoms with van der Waals surface area (Å²) in [7, 11) is 0. The zero-order valence-electron chi connectivity index (χ0n) is 17.7. The van der Waals surface area contributed by atoms with Crippen molar-refractivity contribution in [3.05, 3.63) is 40.3 Å². The molecule has 0 saturated carbocycles. The second-order valence-corrected chi connectivity index (χ2v) is 9.41. The van der Waals surface area contributed by atoms with Gasteiger partial charge in [0, 0.05) is 18.0 Å². The number of aryl methyl sites for hydroxylation is 1. The number of hydrogen-bond acceptors (Lipinski definition) is 5. The normalized spacial score (nSPS) is 17.4. The van der Waals surface area contributed by atoms with Crippen molar-refractivity contribution in [1.29, 1.82) is 5.26 Å². The molecule has 0 bridgehead atoms. The molecule has 5 nitrogen and oxygen atoms in total. The number of anilines is 3. The summed E-state index contributed by atoms with van der Waals surface area (Å²) in [5.74, 6) is -0.101. The molecule has 0 radical (unpaired) electrons. The number of amides is 1. The van der Waals surface area contributed by atoms with Crippen LogP contribution in [0.3, 0.4) is 0 Å². The monoisotopic (exact) mass is 422 g/mol. The van der Waals surface area contributed by atoms with Crippen LogP contribution in [0.5, 0.6) is 0 Å². The fourth-order valence-corrected chi connectivity index (χ4v) is 5.72. The third-order valence-corrected chi connectivity index (χ3v) is 7.34. The Kier molecular flexibility index (Phi) is 6.59. The van der Waals surface area contributed by atoms with E-state index < -0.39 is 6.04 Å². The third-order valence-electron chi connectivity index (χ3n) is 6.14. The summed E-state index contributed by atoms with van der Waals surface area (Å²) in [5, 5.41) is 16.9. The summed E-state index contributed by atoms with van der Waals surface area (Å²) in [5.41, 5.74) is 3.99. The van der Waals surface area contributed by atoms with Gasteiger partial charge in [-0.15, -0.1) is 11.3 Å². The van der Waals surface area contributed by atoms with E-state index in [4.69, 9.17) is 0 Å². The van der Waals surface area contributed by atoms with Crippen molar-refractivity contribution in [3.8, 4) is 6.07 Å². The second kappa shape index (κ2) is 9.53. The van der Waals surface area contributed by atoms with E-state index in [-0.39, 0.29) is 5.91 Å². The summed E-state index contributed by atoms with van der Waals surface area (Å²) in [6.07, 6.45) is 9.17. The van der Waals surface area contributed by atoms with Crippen LogP contribution < -0.4 is 15.5 Å². The highest BCUT2D eigenvalue weighted by Gasteiger charge is 2.23. The molecule has 30 heavy (non-hydrogen) atoms. The van der Waals surface area contributed by atoms with Crippen LogP contribution in [0.2, 0.25) is 0 Å². The smallest absolute Gasteiger partial charge is 0.247 e. The van der Waals surface area contributed by atoms with Gasteiger partial charge in [-0.3, -0.25) is 4.79 Å². The highest BCUT2D eigenvalue weighted by molar-refractivity contribution is 7.16. The molecule has 2 aromatic rings. The molecular weight excluding hydrogens is 392 g/mol. The van der Waals surface area contributed by atoms with Crippen molar-refractivity contribution in [1.82, 2.24) is 0 Å². The number of nitrogens with zero attached hydrogens (tertiary/aromatic N) is 2. The fourth-order valence-electron chi connectivity index (χ4n) is 4.47. The molecular formula is C24H30N4OS. The van der Waals surface area contributed by atoms with Gasteiger partial charge in [-0.05, 0) is 69.6 Å². The van der Waals surface area contributed by atoms with Crippen molar-refractivity contribution < 1.29 is 4.79 Å². The highest BCUT2D eigenvalue weighted by atomic mass is 32.1. The Morgan fingerprint density at radius 2 is 1.83 bits per heavy atom. The number of para-hydroxylation sites is 2. The number of nitrogens with one attached hydrogen (secondary N) is 2. The third kappa shape index (κ3) is 4.46. The Balaban J connectivity index is 1.47. The van der Waals surface area contributed by atoms with Gasteiger partial charge < -0.3 is 15.5 Å². The first-order valence-corrected chi connectivity index (χ1v) is 11.9. The van der Waals surface area contributed by atoms with Crippen molar-refractivity contribution in [2.24, 2.45) is 0 Å². The number of piperidine rings is 1. The minimum atomic E-state index is -0.399. The number of carbonyl (C=O) groups excluding carboxylic acids is 1. The zero-order valence-corrected chi connectivity index (χ0v) is 18.5. The van der Waals surface area contributed by atoms with Gasteiger partial charge in [0.25, 0.3) is 0 Å². The standard InChI is InChI=1S/C24H30N4OS/c1-17(26-20-11-6-7-12-21(20)28-14-8-3-9-15-28)23(29)27-24-19(16-25)18-10-4-2-5-13-22(18)30-24/h6-7,11-12,17,26H,2-5,8-10,13-15H2,1H3,(H,27,29). The van der Waals surface area contributed by atoms with Gasteiger partial charge in [0.15, 0.2) is 0 Å². The maximum atomic E-state index is 13.0. The minimum Gasteiger partial charge on any atom is -0.372 e. The van der Waals surface area contributed by atoms with Crippen LogP contribution in [0.25, 0.3) is 0 Å². The van der Waals surface area contributed by atoms with Crippen molar-refractivity contribution in [2.45, 2.75) is 64.3 Å². The van der Waals surface area contributed by atoms with Crippen molar-refractivity contribution in [3.63, 3.8) is 0 Å². The molecule has 6 heteroatoms. The Labute approximate surface area is 183 Å². The highest BCUT2D eigenvalue weighted by Crippen LogP contribution is 2.37. The Morgan fingerprint density at radius 3 is 2.63 bits per heavy atom. The number of thiophene rings is 1. The lowest BCUT2D eigenvalue weighted by molar-refractivity contribution is -0.116. The molecule has 1 aliphatic carbocycles. The van der Waals surface area contributed by atoms with E-state index in [1.54, 1.807) is 11.3 Å². The van der Waals surface area contributed by atoms with E-state index in [1.807, 2.05) is 19.1 Å². The molecule has 1 unspecified atom stereocenters. The van der Waals surface area contributed by atoms with Gasteiger partial charge in [0.05, 0.1) is 16.9 Å². The molecule has 1 amide bonds. The fraction of sp³-hybridized carbons (Fsp3) is 0.500. The van der Waals surface area contributed by atoms with Crippen molar-refractivity contribution >= 4 is 33.6 Å². The maximum absolute atomic E-state index is 13.0. The van der Waals surface area contributed by atoms with Crippen LogP contribution in [-0.2, 0) is 17.6 Å². The topological polar surface area (TPSA) is 68.2 Å². The average Bonchev–Trinajstić information content (AvgIpc) is 2.93. The van der Waals surface area contributed by atoms with E-state index in [9.17, 15) is 10.1 Å². The van der Waals surface area contributed by atoms with E-state index >= 15 is 0 Å². The van der Waals surface area contributed by atoms with Gasteiger partial charge in [-0.25, -0.2) is 0 Å². The van der Waals surface area contributed by atoms with Crippen molar-refractivity contribution in [2.75, 3.05) is 28.6 Å². The first-order chi connectivity index (χ1) is 14.7. The van der Waals surface area contributed by atoms with Crippen LogP contribution in [0.15, 0.2) is 24.3 Å². The lowest BCUT2D eigenvalue weighted by atomic mass is 10.1. The van der Waals surface area contributed by atoms with Gasteiger partial charge in [-0.2, -0.15) is 5.26 Å². The predicted molar refractivity (Wildman–Crippen MR) is 125 cm³/mol. The second-order valence-electron chi connectivity index (χ2n) is 8.30. The molecule has 0 spiro atoms. The predicted octanol–water partition coefficient (Wildman–Crippen LogP) is 5.32. The van der Waals surface area contributed by atoms with E-state index in [0.29, 0.717) is 10.6 Å². The molecule has 1 saturated heterocycles. The maximum Gasteiger partial charge on any atom is 0.247 e.